The maximum atomic E-state index is 10.9. The van der Waals surface area contributed by atoms with Gasteiger partial charge in [0.15, 0.2) is 11.2 Å². The van der Waals surface area contributed by atoms with Crippen LogP contribution in [-0.2, 0) is 9.59 Å². The molecule has 0 bridgehead atoms. The molecule has 13 heavy (non-hydrogen) atoms. The van der Waals surface area contributed by atoms with E-state index < -0.39 is 0 Å². The van der Waals surface area contributed by atoms with Crippen LogP contribution in [0, 0.1) is 0 Å². The molecule has 6 heteroatoms. The Morgan fingerprint density at radius 3 is 2.46 bits per heavy atom. The number of thioether (sulfide) groups is 1. The van der Waals surface area contributed by atoms with Gasteiger partial charge in [-0.3, -0.25) is 9.59 Å². The molecule has 1 amide bonds. The van der Waals surface area contributed by atoms with E-state index in [4.69, 9.17) is 0 Å². The lowest BCUT2D eigenvalue weighted by molar-refractivity contribution is -0.398. The van der Waals surface area contributed by atoms with Gasteiger partial charge in [0.05, 0.1) is 0 Å². The number of carbonyl (C=O) groups excluding carboxylic acids is 2. The van der Waals surface area contributed by atoms with E-state index in [1.807, 2.05) is 0 Å². The molecule has 0 aromatic carbocycles. The third kappa shape index (κ3) is 9.85. The number of quaternary nitrogens is 1. The number of amides is 1. The summed E-state index contributed by atoms with van der Waals surface area (Å²) < 4.78 is 0. The molecule has 0 aromatic rings. The van der Waals surface area contributed by atoms with E-state index in [0.717, 1.165) is 0 Å². The number of rotatable bonds is 4. The van der Waals surface area contributed by atoms with Gasteiger partial charge in [-0.2, -0.15) is 0 Å². The van der Waals surface area contributed by atoms with Crippen LogP contribution in [-0.4, -0.2) is 29.4 Å². The Morgan fingerprint density at radius 2 is 2.08 bits per heavy atom. The van der Waals surface area contributed by atoms with Crippen LogP contribution in [0.3, 0.4) is 0 Å². The van der Waals surface area contributed by atoms with E-state index in [1.165, 1.54) is 18.7 Å². The summed E-state index contributed by atoms with van der Waals surface area (Å²) in [6.07, 6.45) is 0. The minimum atomic E-state index is -0.229. The summed E-state index contributed by atoms with van der Waals surface area (Å²) in [6, 6.07) is -0.229. The van der Waals surface area contributed by atoms with Crippen molar-refractivity contribution in [2.24, 2.45) is 0 Å². The molecule has 0 aliphatic carbocycles. The zero-order valence-corrected chi connectivity index (χ0v) is 10.2. The monoisotopic (exact) mass is 270 g/mol. The third-order valence-electron chi connectivity index (χ3n) is 1.15. The second-order valence-electron chi connectivity index (χ2n) is 2.53. The van der Waals surface area contributed by atoms with Crippen LogP contribution in [0.1, 0.15) is 13.8 Å². The molecule has 78 valence electrons. The summed E-state index contributed by atoms with van der Waals surface area (Å²) in [5, 5.41) is 2.74. The van der Waals surface area contributed by atoms with Gasteiger partial charge < -0.3 is 28.0 Å². The first-order valence-corrected chi connectivity index (χ1v) is 4.76. The summed E-state index contributed by atoms with van der Waals surface area (Å²) in [6.45, 7) is 3.77. The molecular formula is C7H15BrN2O2S. The zero-order chi connectivity index (χ0) is 9.56. The fraction of sp³-hybridized carbons (Fsp3) is 0.714. The van der Waals surface area contributed by atoms with Gasteiger partial charge in [-0.1, -0.05) is 11.8 Å². The van der Waals surface area contributed by atoms with Crippen LogP contribution >= 0.6 is 11.8 Å². The standard InChI is InChI=1S/C7H14N2O2S.BrH/c1-5(8)7(11)9-3-4-12-6(2)10;/h5H,3-4,8H2,1-2H3,(H,9,11);1H. The normalized spacial score (nSPS) is 11.3. The fourth-order valence-corrected chi connectivity index (χ4v) is 1.03. The lowest BCUT2D eigenvalue weighted by Crippen LogP contribution is -3.00. The highest BCUT2D eigenvalue weighted by Gasteiger charge is 2.08. The first kappa shape index (κ1) is 15.4. The lowest BCUT2D eigenvalue weighted by Gasteiger charge is -2.03. The number of hydrogen-bond donors (Lipinski definition) is 2. The molecule has 0 aromatic heterocycles. The quantitative estimate of drug-likeness (QED) is 0.512. The number of halogens is 1. The first-order chi connectivity index (χ1) is 5.54. The van der Waals surface area contributed by atoms with E-state index in [9.17, 15) is 9.59 Å². The fourth-order valence-electron chi connectivity index (χ4n) is 0.543. The predicted octanol–water partition coefficient (Wildman–Crippen LogP) is -3.98. The Balaban J connectivity index is 0. The average molecular weight is 271 g/mol. The Kier molecular flexibility index (Phi) is 10.1. The molecule has 0 spiro atoms. The zero-order valence-electron chi connectivity index (χ0n) is 7.80. The van der Waals surface area contributed by atoms with Crippen molar-refractivity contribution >= 4 is 22.8 Å². The molecule has 0 aliphatic rings. The van der Waals surface area contributed by atoms with Gasteiger partial charge in [0, 0.05) is 19.2 Å². The molecule has 0 aliphatic heterocycles. The van der Waals surface area contributed by atoms with E-state index in [0.29, 0.717) is 12.3 Å². The minimum Gasteiger partial charge on any atom is -1.00 e. The Bertz CT molecular complexity index is 176. The van der Waals surface area contributed by atoms with Crippen molar-refractivity contribution in [1.29, 1.82) is 0 Å². The average Bonchev–Trinajstić information content (AvgIpc) is 1.97. The van der Waals surface area contributed by atoms with Gasteiger partial charge in [0.2, 0.25) is 0 Å². The van der Waals surface area contributed by atoms with Crippen molar-refractivity contribution in [3.63, 3.8) is 0 Å². The number of hydrogen-bond acceptors (Lipinski definition) is 3. The van der Waals surface area contributed by atoms with Crippen molar-refractivity contribution in [3.8, 4) is 0 Å². The van der Waals surface area contributed by atoms with Crippen LogP contribution in [0.2, 0.25) is 0 Å². The van der Waals surface area contributed by atoms with Crippen LogP contribution in [0.15, 0.2) is 0 Å². The van der Waals surface area contributed by atoms with Crippen LogP contribution in [0.25, 0.3) is 0 Å². The van der Waals surface area contributed by atoms with Gasteiger partial charge in [-0.15, -0.1) is 0 Å². The molecule has 1 atom stereocenters. The van der Waals surface area contributed by atoms with E-state index in [-0.39, 0.29) is 34.0 Å². The van der Waals surface area contributed by atoms with Crippen molar-refractivity contribution in [1.82, 2.24) is 5.32 Å². The maximum absolute atomic E-state index is 10.9. The summed E-state index contributed by atoms with van der Waals surface area (Å²) in [5.74, 6) is 0.563. The third-order valence-corrected chi connectivity index (χ3v) is 1.97. The Hall–Kier alpha value is -0.0700. The predicted molar refractivity (Wildman–Crippen MR) is 48.5 cm³/mol. The second kappa shape index (κ2) is 8.52. The van der Waals surface area contributed by atoms with Crippen LogP contribution < -0.4 is 28.0 Å². The highest BCUT2D eigenvalue weighted by atomic mass is 79.9. The molecular weight excluding hydrogens is 256 g/mol. The Labute approximate surface area is 92.8 Å². The molecule has 1 unspecified atom stereocenters. The van der Waals surface area contributed by atoms with E-state index >= 15 is 0 Å². The van der Waals surface area contributed by atoms with Crippen molar-refractivity contribution in [2.45, 2.75) is 19.9 Å². The highest BCUT2D eigenvalue weighted by Crippen LogP contribution is 1.97. The van der Waals surface area contributed by atoms with Crippen molar-refractivity contribution in [3.05, 3.63) is 0 Å². The van der Waals surface area contributed by atoms with Crippen LogP contribution in [0.5, 0.6) is 0 Å². The topological polar surface area (TPSA) is 73.8 Å². The molecule has 4 nitrogen and oxygen atoms in total. The first-order valence-electron chi connectivity index (χ1n) is 3.78. The van der Waals surface area contributed by atoms with Crippen molar-refractivity contribution < 1.29 is 32.3 Å². The summed E-state index contributed by atoms with van der Waals surface area (Å²) in [7, 11) is 0. The molecule has 0 rings (SSSR count). The van der Waals surface area contributed by atoms with Gasteiger partial charge in [-0.25, -0.2) is 0 Å². The SMILES string of the molecule is CC(=O)SCCNC(=O)C(C)[NH3+].[Br-]. The van der Waals surface area contributed by atoms with Crippen molar-refractivity contribution in [2.75, 3.05) is 12.3 Å². The largest absolute Gasteiger partial charge is 1.00 e. The van der Waals surface area contributed by atoms with E-state index in [2.05, 4.69) is 11.1 Å². The van der Waals surface area contributed by atoms with Gasteiger partial charge in [0.25, 0.3) is 5.91 Å². The molecule has 4 N–H and O–H groups in total. The van der Waals surface area contributed by atoms with Gasteiger partial charge in [-0.05, 0) is 6.92 Å². The second-order valence-corrected chi connectivity index (χ2v) is 3.80. The molecule has 0 saturated carbocycles. The maximum Gasteiger partial charge on any atom is 0.277 e. The molecule has 0 radical (unpaired) electrons. The summed E-state index contributed by atoms with van der Waals surface area (Å²) in [5.41, 5.74) is 3.57. The van der Waals surface area contributed by atoms with Crippen LogP contribution in [0.4, 0.5) is 0 Å². The Morgan fingerprint density at radius 1 is 1.54 bits per heavy atom. The summed E-state index contributed by atoms with van der Waals surface area (Å²) >= 11 is 1.21. The van der Waals surface area contributed by atoms with Gasteiger partial charge >= 0.3 is 0 Å². The minimum absolute atomic E-state index is 0. The lowest BCUT2D eigenvalue weighted by atomic mass is 10.3. The summed E-state index contributed by atoms with van der Waals surface area (Å²) in [4.78, 5) is 21.4. The molecule has 0 fully saturated rings. The highest BCUT2D eigenvalue weighted by molar-refractivity contribution is 8.13. The van der Waals surface area contributed by atoms with E-state index in [1.54, 1.807) is 6.92 Å². The molecule has 0 saturated heterocycles. The van der Waals surface area contributed by atoms with Gasteiger partial charge in [0.1, 0.15) is 0 Å². The number of carbonyl (C=O) groups is 2. The number of nitrogens with one attached hydrogen (secondary N) is 1. The molecule has 0 heterocycles. The smallest absolute Gasteiger partial charge is 0.277 e.